The van der Waals surface area contributed by atoms with Crippen molar-refractivity contribution in [1.29, 1.82) is 0 Å². The van der Waals surface area contributed by atoms with Gasteiger partial charge in [-0.05, 0) is 57.1 Å². The second kappa shape index (κ2) is 7.17. The second-order valence-electron chi connectivity index (χ2n) is 7.78. The average molecular weight is 355 g/mol. The number of nitrogens with one attached hydrogen (secondary N) is 2. The van der Waals surface area contributed by atoms with Crippen LogP contribution in [0.3, 0.4) is 0 Å². The Hall–Kier alpha value is -2.24. The molecule has 2 atom stereocenters. The van der Waals surface area contributed by atoms with Crippen LogP contribution >= 0.6 is 0 Å². The van der Waals surface area contributed by atoms with Crippen LogP contribution in [-0.4, -0.2) is 27.0 Å². The van der Waals surface area contributed by atoms with Gasteiger partial charge in [0.05, 0.1) is 5.56 Å². The van der Waals surface area contributed by atoms with Crippen molar-refractivity contribution in [2.24, 2.45) is 11.8 Å². The minimum Gasteiger partial charge on any atom is -0.352 e. The van der Waals surface area contributed by atoms with Crippen LogP contribution < -0.4 is 10.6 Å². The molecule has 138 valence electrons. The van der Waals surface area contributed by atoms with Gasteiger partial charge in [0.1, 0.15) is 5.82 Å². The number of hydrogen-bond donors (Lipinski definition) is 2. The van der Waals surface area contributed by atoms with E-state index in [-0.39, 0.29) is 11.9 Å². The summed E-state index contributed by atoms with van der Waals surface area (Å²) in [6.07, 6.45) is 6.22. The lowest BCUT2D eigenvalue weighted by molar-refractivity contribution is 0.628. The molecule has 2 aromatic rings. The number of benzene rings is 1. The van der Waals surface area contributed by atoms with Crippen molar-refractivity contribution < 1.29 is 4.39 Å². The summed E-state index contributed by atoms with van der Waals surface area (Å²) in [7, 11) is 0. The quantitative estimate of drug-likeness (QED) is 0.730. The number of rotatable bonds is 8. The number of halogens is 1. The molecule has 2 fully saturated rings. The molecule has 5 nitrogen and oxygen atoms in total. The van der Waals surface area contributed by atoms with Crippen molar-refractivity contribution in [3.05, 3.63) is 30.1 Å². The van der Waals surface area contributed by atoms with Crippen molar-refractivity contribution in [3.63, 3.8) is 0 Å². The summed E-state index contributed by atoms with van der Waals surface area (Å²) in [6.45, 7) is 4.29. The normalized spacial score (nSPS) is 19.0. The molecule has 0 unspecified atom stereocenters. The van der Waals surface area contributed by atoms with Crippen molar-refractivity contribution in [3.8, 4) is 11.4 Å². The van der Waals surface area contributed by atoms with Crippen LogP contribution in [0.2, 0.25) is 0 Å². The summed E-state index contributed by atoms with van der Waals surface area (Å²) in [6, 6.07) is 7.20. The first-order chi connectivity index (χ1) is 12.6. The Morgan fingerprint density at radius 3 is 2.35 bits per heavy atom. The van der Waals surface area contributed by atoms with Gasteiger partial charge < -0.3 is 10.6 Å². The van der Waals surface area contributed by atoms with Gasteiger partial charge in [-0.15, -0.1) is 0 Å². The summed E-state index contributed by atoms with van der Waals surface area (Å²) in [5.74, 6) is 2.56. The molecule has 2 N–H and O–H groups in total. The molecule has 26 heavy (non-hydrogen) atoms. The fraction of sp³-hybridized carbons (Fsp3) is 0.550. The van der Waals surface area contributed by atoms with Gasteiger partial charge in [0.2, 0.25) is 11.9 Å². The Kier molecular flexibility index (Phi) is 4.74. The summed E-state index contributed by atoms with van der Waals surface area (Å²) in [5.41, 5.74) is 0.398. The molecule has 0 bridgehead atoms. The summed E-state index contributed by atoms with van der Waals surface area (Å²) in [4.78, 5) is 13.5. The van der Waals surface area contributed by atoms with Crippen molar-refractivity contribution in [2.75, 3.05) is 10.6 Å². The van der Waals surface area contributed by atoms with E-state index in [0.717, 1.165) is 12.3 Å². The lowest BCUT2D eigenvalue weighted by atomic mass is 10.2. The van der Waals surface area contributed by atoms with Gasteiger partial charge in [-0.1, -0.05) is 25.0 Å². The van der Waals surface area contributed by atoms with Crippen molar-refractivity contribution >= 4 is 11.9 Å². The second-order valence-corrected chi connectivity index (χ2v) is 7.78. The minimum absolute atomic E-state index is 0.284. The van der Waals surface area contributed by atoms with E-state index in [0.29, 0.717) is 35.2 Å². The van der Waals surface area contributed by atoms with Crippen LogP contribution in [-0.2, 0) is 0 Å². The van der Waals surface area contributed by atoms with Gasteiger partial charge in [0, 0.05) is 12.1 Å². The molecular weight excluding hydrogens is 329 g/mol. The third kappa shape index (κ3) is 4.29. The first-order valence-electron chi connectivity index (χ1n) is 9.62. The molecule has 6 heteroatoms. The van der Waals surface area contributed by atoms with Crippen LogP contribution in [0.25, 0.3) is 11.4 Å². The average Bonchev–Trinajstić information content (AvgIpc) is 3.49. The van der Waals surface area contributed by atoms with Gasteiger partial charge >= 0.3 is 0 Å². The summed E-state index contributed by atoms with van der Waals surface area (Å²) in [5, 5.41) is 6.75. The predicted molar refractivity (Wildman–Crippen MR) is 101 cm³/mol. The first-order valence-corrected chi connectivity index (χ1v) is 9.62. The fourth-order valence-electron chi connectivity index (χ4n) is 3.32. The Bertz CT molecular complexity index is 773. The van der Waals surface area contributed by atoms with E-state index in [1.807, 2.05) is 0 Å². The Balaban J connectivity index is 1.60. The minimum atomic E-state index is -0.322. The Labute approximate surface area is 153 Å². The third-order valence-corrected chi connectivity index (χ3v) is 5.20. The van der Waals surface area contributed by atoms with E-state index < -0.39 is 0 Å². The molecule has 0 radical (unpaired) electrons. The standard InChI is InChI=1S/C20H26FN5/c1-12(11-14-7-8-14)22-19-24-18(16-5-3-4-6-17(16)21)25-20(26-19)23-13(2)15-9-10-15/h3-6,12-15H,7-11H2,1-2H3,(H2,22,23,24,25,26)/t12-,13-/m1/s1. The van der Waals surface area contributed by atoms with Crippen LogP contribution in [0.1, 0.15) is 46.0 Å². The maximum Gasteiger partial charge on any atom is 0.228 e. The van der Waals surface area contributed by atoms with E-state index in [1.54, 1.807) is 18.2 Å². The van der Waals surface area contributed by atoms with E-state index in [4.69, 9.17) is 0 Å². The molecule has 2 saturated carbocycles. The van der Waals surface area contributed by atoms with Gasteiger partial charge in [0.15, 0.2) is 5.82 Å². The van der Waals surface area contributed by atoms with Gasteiger partial charge in [0.25, 0.3) is 0 Å². The zero-order valence-corrected chi connectivity index (χ0v) is 15.4. The number of nitrogens with zero attached hydrogens (tertiary/aromatic N) is 3. The Morgan fingerprint density at radius 2 is 1.69 bits per heavy atom. The number of hydrogen-bond acceptors (Lipinski definition) is 5. The van der Waals surface area contributed by atoms with Crippen LogP contribution in [0, 0.1) is 17.7 Å². The fourth-order valence-corrected chi connectivity index (χ4v) is 3.32. The van der Waals surface area contributed by atoms with Crippen LogP contribution in [0.4, 0.5) is 16.3 Å². The highest BCUT2D eigenvalue weighted by atomic mass is 19.1. The highest BCUT2D eigenvalue weighted by Crippen LogP contribution is 2.35. The molecule has 0 aliphatic heterocycles. The SMILES string of the molecule is C[C@H](CC1CC1)Nc1nc(N[C@H](C)C2CC2)nc(-c2ccccc2F)n1. The predicted octanol–water partition coefficient (Wildman–Crippen LogP) is 4.49. The number of anilines is 2. The largest absolute Gasteiger partial charge is 0.352 e. The first kappa shape index (κ1) is 17.2. The number of aromatic nitrogens is 3. The lowest BCUT2D eigenvalue weighted by Crippen LogP contribution is -2.22. The monoisotopic (exact) mass is 355 g/mol. The maximum atomic E-state index is 14.2. The molecule has 4 rings (SSSR count). The molecule has 1 aromatic carbocycles. The zero-order valence-electron chi connectivity index (χ0n) is 15.4. The van der Waals surface area contributed by atoms with Crippen molar-refractivity contribution in [2.45, 2.75) is 58.0 Å². The van der Waals surface area contributed by atoms with Crippen LogP contribution in [0.5, 0.6) is 0 Å². The molecule has 0 saturated heterocycles. The topological polar surface area (TPSA) is 62.7 Å². The molecular formula is C20H26FN5. The molecule has 0 amide bonds. The highest BCUT2D eigenvalue weighted by molar-refractivity contribution is 5.58. The zero-order chi connectivity index (χ0) is 18.1. The van der Waals surface area contributed by atoms with E-state index in [2.05, 4.69) is 39.4 Å². The van der Waals surface area contributed by atoms with Gasteiger partial charge in [-0.2, -0.15) is 15.0 Å². The summed E-state index contributed by atoms with van der Waals surface area (Å²) >= 11 is 0. The third-order valence-electron chi connectivity index (χ3n) is 5.20. The molecule has 1 aromatic heterocycles. The molecule has 0 spiro atoms. The van der Waals surface area contributed by atoms with E-state index in [9.17, 15) is 4.39 Å². The molecule has 2 aliphatic rings. The van der Waals surface area contributed by atoms with Gasteiger partial charge in [-0.3, -0.25) is 0 Å². The van der Waals surface area contributed by atoms with E-state index in [1.165, 1.54) is 31.7 Å². The molecule has 2 aliphatic carbocycles. The molecule has 1 heterocycles. The highest BCUT2D eigenvalue weighted by Gasteiger charge is 2.29. The Morgan fingerprint density at radius 1 is 1.00 bits per heavy atom. The summed E-state index contributed by atoms with van der Waals surface area (Å²) < 4.78 is 14.2. The van der Waals surface area contributed by atoms with E-state index >= 15 is 0 Å². The maximum absolute atomic E-state index is 14.2. The van der Waals surface area contributed by atoms with Crippen molar-refractivity contribution in [1.82, 2.24) is 15.0 Å². The smallest absolute Gasteiger partial charge is 0.228 e. The van der Waals surface area contributed by atoms with Crippen LogP contribution in [0.15, 0.2) is 24.3 Å². The lowest BCUT2D eigenvalue weighted by Gasteiger charge is -2.17. The van der Waals surface area contributed by atoms with Gasteiger partial charge in [-0.25, -0.2) is 4.39 Å².